The van der Waals surface area contributed by atoms with Gasteiger partial charge in [-0.25, -0.2) is 0 Å². The van der Waals surface area contributed by atoms with Crippen LogP contribution in [0.3, 0.4) is 0 Å². The van der Waals surface area contributed by atoms with E-state index in [1.165, 1.54) is 0 Å². The third-order valence-corrected chi connectivity index (χ3v) is 3.01. The molecule has 3 heteroatoms. The molecule has 0 heterocycles. The summed E-state index contributed by atoms with van der Waals surface area (Å²) in [4.78, 5) is 14.0. The van der Waals surface area contributed by atoms with E-state index in [0.29, 0.717) is 0 Å². The minimum Gasteiger partial charge on any atom is -0.342 e. The van der Waals surface area contributed by atoms with Crippen LogP contribution in [-0.4, -0.2) is 37.0 Å². The first kappa shape index (κ1) is 18.7. The Hall–Kier alpha value is -1.35. The Labute approximate surface area is 124 Å². The van der Waals surface area contributed by atoms with Gasteiger partial charge in [-0.2, -0.15) is 0 Å². The van der Waals surface area contributed by atoms with Crippen LogP contribution in [0, 0.1) is 5.92 Å². The maximum Gasteiger partial charge on any atom is 0.229 e. The molecule has 3 nitrogen and oxygen atoms in total. The maximum absolute atomic E-state index is 12.1. The maximum atomic E-state index is 12.1. The van der Waals surface area contributed by atoms with Gasteiger partial charge in [0.15, 0.2) is 0 Å². The van der Waals surface area contributed by atoms with Gasteiger partial charge in [-0.1, -0.05) is 44.2 Å². The van der Waals surface area contributed by atoms with Crippen LogP contribution in [0.1, 0.15) is 33.6 Å². The van der Waals surface area contributed by atoms with E-state index in [1.54, 1.807) is 0 Å². The molecular weight excluding hydrogens is 248 g/mol. The van der Waals surface area contributed by atoms with Gasteiger partial charge in [-0.3, -0.25) is 4.79 Å². The molecule has 0 aromatic carbocycles. The zero-order valence-corrected chi connectivity index (χ0v) is 13.3. The molecule has 20 heavy (non-hydrogen) atoms. The lowest BCUT2D eigenvalue weighted by molar-refractivity contribution is -0.133. The Morgan fingerprint density at radius 1 is 1.35 bits per heavy atom. The average molecular weight is 278 g/mol. The molecule has 0 aliphatic carbocycles. The Kier molecular flexibility index (Phi) is 11.8. The summed E-state index contributed by atoms with van der Waals surface area (Å²) in [6.07, 6.45) is 11.9. The van der Waals surface area contributed by atoms with Crippen molar-refractivity contribution in [2.75, 3.05) is 26.2 Å². The fraction of sp³-hybridized carbons (Fsp3) is 0.588. The third kappa shape index (κ3) is 8.70. The van der Waals surface area contributed by atoms with E-state index in [2.05, 4.69) is 24.9 Å². The van der Waals surface area contributed by atoms with Gasteiger partial charge in [-0.15, -0.1) is 6.58 Å². The van der Waals surface area contributed by atoms with Gasteiger partial charge in [-0.05, 0) is 26.3 Å². The highest BCUT2D eigenvalue weighted by molar-refractivity contribution is 5.80. The number of nitrogens with one attached hydrogen (secondary N) is 1. The van der Waals surface area contributed by atoms with Crippen LogP contribution in [0.25, 0.3) is 0 Å². The first-order valence-corrected chi connectivity index (χ1v) is 7.61. The topological polar surface area (TPSA) is 32.3 Å². The van der Waals surface area contributed by atoms with Crippen molar-refractivity contribution < 1.29 is 4.79 Å². The highest BCUT2D eigenvalue weighted by atomic mass is 16.2. The van der Waals surface area contributed by atoms with Crippen molar-refractivity contribution >= 4 is 5.91 Å². The largest absolute Gasteiger partial charge is 0.342 e. The van der Waals surface area contributed by atoms with Crippen molar-refractivity contribution in [2.24, 2.45) is 5.92 Å². The first-order chi connectivity index (χ1) is 9.67. The quantitative estimate of drug-likeness (QED) is 0.358. The highest BCUT2D eigenvalue weighted by Crippen LogP contribution is 2.05. The van der Waals surface area contributed by atoms with Gasteiger partial charge in [0.2, 0.25) is 5.91 Å². The molecule has 0 saturated carbocycles. The summed E-state index contributed by atoms with van der Waals surface area (Å²) in [5, 5.41) is 3.27. The molecule has 1 unspecified atom stereocenters. The van der Waals surface area contributed by atoms with E-state index in [1.807, 2.05) is 43.1 Å². The van der Waals surface area contributed by atoms with E-state index in [-0.39, 0.29) is 11.8 Å². The van der Waals surface area contributed by atoms with E-state index in [9.17, 15) is 4.79 Å². The predicted molar refractivity (Wildman–Crippen MR) is 87.7 cm³/mol. The Morgan fingerprint density at radius 2 is 2.10 bits per heavy atom. The lowest BCUT2D eigenvalue weighted by Crippen LogP contribution is -2.34. The Balaban J connectivity index is 4.01. The number of rotatable bonds is 11. The zero-order chi connectivity index (χ0) is 15.2. The summed E-state index contributed by atoms with van der Waals surface area (Å²) in [5.41, 5.74) is 0. The summed E-state index contributed by atoms with van der Waals surface area (Å²) >= 11 is 0. The molecule has 1 atom stereocenters. The molecule has 1 N–H and O–H groups in total. The average Bonchev–Trinajstić information content (AvgIpc) is 2.46. The lowest BCUT2D eigenvalue weighted by atomic mass is 10.1. The standard InChI is InChI=1S/C17H30N2O/c1-5-8-13-18-14-11-9-10-12-16(4)17(20)19(7-3)15-6-2/h5,9-12,16,18H,1,6-8,13-15H2,2-4H3/b11-9-,12-10-. The third-order valence-electron chi connectivity index (χ3n) is 3.01. The van der Waals surface area contributed by atoms with Crippen LogP contribution in [0.4, 0.5) is 0 Å². The van der Waals surface area contributed by atoms with E-state index in [4.69, 9.17) is 0 Å². The lowest BCUT2D eigenvalue weighted by Gasteiger charge is -2.22. The highest BCUT2D eigenvalue weighted by Gasteiger charge is 2.15. The van der Waals surface area contributed by atoms with Crippen molar-refractivity contribution in [1.29, 1.82) is 0 Å². The van der Waals surface area contributed by atoms with Gasteiger partial charge in [0.25, 0.3) is 0 Å². The monoisotopic (exact) mass is 278 g/mol. The minimum absolute atomic E-state index is 0.0557. The molecule has 0 aromatic heterocycles. The number of allylic oxidation sites excluding steroid dienone is 2. The number of nitrogens with zero attached hydrogens (tertiary/aromatic N) is 1. The van der Waals surface area contributed by atoms with Gasteiger partial charge in [0.1, 0.15) is 0 Å². The van der Waals surface area contributed by atoms with Crippen LogP contribution in [-0.2, 0) is 4.79 Å². The van der Waals surface area contributed by atoms with Crippen molar-refractivity contribution in [1.82, 2.24) is 10.2 Å². The number of hydrogen-bond acceptors (Lipinski definition) is 2. The molecule has 114 valence electrons. The molecular formula is C17H30N2O. The fourth-order valence-corrected chi connectivity index (χ4v) is 1.83. The van der Waals surface area contributed by atoms with E-state index in [0.717, 1.165) is 39.0 Å². The fourth-order valence-electron chi connectivity index (χ4n) is 1.83. The summed E-state index contributed by atoms with van der Waals surface area (Å²) < 4.78 is 0. The molecule has 0 aromatic rings. The number of hydrogen-bond donors (Lipinski definition) is 1. The molecule has 0 spiro atoms. The van der Waals surface area contributed by atoms with Gasteiger partial charge in [0, 0.05) is 19.6 Å². The number of amides is 1. The smallest absolute Gasteiger partial charge is 0.229 e. The van der Waals surface area contributed by atoms with E-state index >= 15 is 0 Å². The Morgan fingerprint density at radius 3 is 2.70 bits per heavy atom. The molecule has 0 rings (SSSR count). The molecule has 1 amide bonds. The van der Waals surface area contributed by atoms with E-state index < -0.39 is 0 Å². The summed E-state index contributed by atoms with van der Waals surface area (Å²) in [7, 11) is 0. The molecule has 0 fully saturated rings. The first-order valence-electron chi connectivity index (χ1n) is 7.61. The summed E-state index contributed by atoms with van der Waals surface area (Å²) in [6.45, 7) is 13.2. The summed E-state index contributed by atoms with van der Waals surface area (Å²) in [5.74, 6) is 0.156. The second-order valence-electron chi connectivity index (χ2n) is 4.80. The molecule has 0 aliphatic rings. The van der Waals surface area contributed by atoms with Crippen molar-refractivity contribution in [3.8, 4) is 0 Å². The molecule has 0 bridgehead atoms. The normalized spacial score (nSPS) is 12.9. The predicted octanol–water partition coefficient (Wildman–Crippen LogP) is 3.16. The Bertz CT molecular complexity index is 321. The molecule has 0 radical (unpaired) electrons. The van der Waals surface area contributed by atoms with Gasteiger partial charge < -0.3 is 10.2 Å². The van der Waals surface area contributed by atoms with Crippen molar-refractivity contribution in [3.63, 3.8) is 0 Å². The van der Waals surface area contributed by atoms with Crippen LogP contribution in [0.2, 0.25) is 0 Å². The van der Waals surface area contributed by atoms with Crippen molar-refractivity contribution in [3.05, 3.63) is 37.0 Å². The van der Waals surface area contributed by atoms with Crippen molar-refractivity contribution in [2.45, 2.75) is 33.6 Å². The number of carbonyl (C=O) groups is 1. The van der Waals surface area contributed by atoms with Crippen LogP contribution in [0.15, 0.2) is 37.0 Å². The SMILES string of the molecule is C=CCCNC/C=C\C=C/C(C)C(=O)N(CC)CCC. The van der Waals surface area contributed by atoms with Crippen LogP contribution < -0.4 is 5.32 Å². The van der Waals surface area contributed by atoms with Gasteiger partial charge >= 0.3 is 0 Å². The van der Waals surface area contributed by atoms with Crippen LogP contribution >= 0.6 is 0 Å². The second kappa shape index (κ2) is 12.7. The summed E-state index contributed by atoms with van der Waals surface area (Å²) in [6, 6.07) is 0. The minimum atomic E-state index is -0.0557. The second-order valence-corrected chi connectivity index (χ2v) is 4.80. The molecule has 0 aliphatic heterocycles. The number of carbonyl (C=O) groups excluding carboxylic acids is 1. The van der Waals surface area contributed by atoms with Crippen LogP contribution in [0.5, 0.6) is 0 Å². The van der Waals surface area contributed by atoms with Gasteiger partial charge in [0.05, 0.1) is 5.92 Å². The zero-order valence-electron chi connectivity index (χ0n) is 13.3. The molecule has 0 saturated heterocycles.